The minimum absolute atomic E-state index is 0.641. The van der Waals surface area contributed by atoms with Crippen molar-refractivity contribution in [1.29, 1.82) is 0 Å². The first kappa shape index (κ1) is 14.7. The molecule has 3 heteroatoms. The van der Waals surface area contributed by atoms with Crippen LogP contribution in [0, 0.1) is 0 Å². The highest BCUT2D eigenvalue weighted by Crippen LogP contribution is 2.30. The zero-order chi connectivity index (χ0) is 14.5. The highest BCUT2D eigenvalue weighted by Gasteiger charge is 2.21. The number of likely N-dealkylation sites (tertiary alicyclic amines) is 1. The van der Waals surface area contributed by atoms with E-state index in [2.05, 4.69) is 46.3 Å². The van der Waals surface area contributed by atoms with Gasteiger partial charge >= 0.3 is 0 Å². The van der Waals surface area contributed by atoms with Gasteiger partial charge in [-0.1, -0.05) is 19.1 Å². The lowest BCUT2D eigenvalue weighted by atomic mass is 10.0. The van der Waals surface area contributed by atoms with E-state index in [0.29, 0.717) is 6.04 Å². The molecule has 0 atom stereocenters. The van der Waals surface area contributed by atoms with Crippen LogP contribution in [0.5, 0.6) is 0 Å². The molecule has 116 valence electrons. The van der Waals surface area contributed by atoms with Gasteiger partial charge in [-0.3, -0.25) is 0 Å². The molecule has 2 fully saturated rings. The van der Waals surface area contributed by atoms with Gasteiger partial charge in [0, 0.05) is 32.2 Å². The van der Waals surface area contributed by atoms with E-state index in [0.717, 1.165) is 0 Å². The van der Waals surface area contributed by atoms with Crippen LogP contribution in [-0.4, -0.2) is 43.7 Å². The molecule has 0 aromatic heterocycles. The van der Waals surface area contributed by atoms with E-state index in [1.807, 2.05) is 0 Å². The number of piperidine rings is 1. The quantitative estimate of drug-likeness (QED) is 0.893. The number of nitrogens with zero attached hydrogens (tertiary/aromatic N) is 2. The molecule has 0 amide bonds. The van der Waals surface area contributed by atoms with Crippen LogP contribution in [0.15, 0.2) is 24.3 Å². The van der Waals surface area contributed by atoms with Gasteiger partial charge in [-0.25, -0.2) is 0 Å². The van der Waals surface area contributed by atoms with Crippen LogP contribution >= 0.6 is 0 Å². The number of benzene rings is 1. The van der Waals surface area contributed by atoms with E-state index in [4.69, 9.17) is 0 Å². The van der Waals surface area contributed by atoms with Crippen molar-refractivity contribution in [2.75, 3.05) is 42.9 Å². The summed E-state index contributed by atoms with van der Waals surface area (Å²) in [5, 5.41) is 3.82. The minimum atomic E-state index is 0.641. The zero-order valence-electron chi connectivity index (χ0n) is 13.4. The topological polar surface area (TPSA) is 18.5 Å². The summed E-state index contributed by atoms with van der Waals surface area (Å²) >= 11 is 0. The minimum Gasteiger partial charge on any atom is -0.381 e. The number of rotatable bonds is 5. The van der Waals surface area contributed by atoms with Crippen molar-refractivity contribution >= 4 is 11.4 Å². The molecule has 2 saturated heterocycles. The molecular formula is C18H29N3. The van der Waals surface area contributed by atoms with Crippen molar-refractivity contribution in [2.24, 2.45) is 0 Å². The molecular weight excluding hydrogens is 258 g/mol. The molecule has 3 nitrogen and oxygen atoms in total. The van der Waals surface area contributed by atoms with E-state index in [9.17, 15) is 0 Å². The smallest absolute Gasteiger partial charge is 0.0602 e. The van der Waals surface area contributed by atoms with Gasteiger partial charge < -0.3 is 15.1 Å². The van der Waals surface area contributed by atoms with Crippen molar-refractivity contribution in [3.63, 3.8) is 0 Å². The van der Waals surface area contributed by atoms with Crippen molar-refractivity contribution in [1.82, 2.24) is 4.90 Å². The van der Waals surface area contributed by atoms with Crippen molar-refractivity contribution in [3.05, 3.63) is 24.3 Å². The normalized spacial score (nSPS) is 20.9. The monoisotopic (exact) mass is 287 g/mol. The Morgan fingerprint density at radius 1 is 1.05 bits per heavy atom. The van der Waals surface area contributed by atoms with Gasteiger partial charge in [0.2, 0.25) is 0 Å². The maximum atomic E-state index is 3.82. The average molecular weight is 287 g/mol. The van der Waals surface area contributed by atoms with E-state index < -0.39 is 0 Å². The highest BCUT2D eigenvalue weighted by molar-refractivity contribution is 5.70. The summed E-state index contributed by atoms with van der Waals surface area (Å²) in [6, 6.07) is 9.50. The average Bonchev–Trinajstić information content (AvgIpc) is 3.04. The summed E-state index contributed by atoms with van der Waals surface area (Å²) in [6.07, 6.45) is 6.49. The van der Waals surface area contributed by atoms with Crippen LogP contribution in [0.25, 0.3) is 0 Å². The Morgan fingerprint density at radius 3 is 2.48 bits per heavy atom. The molecule has 21 heavy (non-hydrogen) atoms. The molecule has 2 heterocycles. The fourth-order valence-corrected chi connectivity index (χ4v) is 3.67. The van der Waals surface area contributed by atoms with Gasteiger partial charge in [0.1, 0.15) is 0 Å². The maximum Gasteiger partial charge on any atom is 0.0602 e. The fourth-order valence-electron chi connectivity index (χ4n) is 3.67. The Kier molecular flexibility index (Phi) is 5.02. The van der Waals surface area contributed by atoms with Crippen molar-refractivity contribution in [3.8, 4) is 0 Å². The predicted molar refractivity (Wildman–Crippen MR) is 91.3 cm³/mol. The maximum absolute atomic E-state index is 3.82. The second kappa shape index (κ2) is 7.17. The lowest BCUT2D eigenvalue weighted by Crippen LogP contribution is -2.39. The summed E-state index contributed by atoms with van der Waals surface area (Å²) < 4.78 is 0. The molecule has 0 unspecified atom stereocenters. The number of anilines is 2. The summed E-state index contributed by atoms with van der Waals surface area (Å²) in [5.74, 6) is 0. The van der Waals surface area contributed by atoms with Gasteiger partial charge in [0.05, 0.1) is 11.4 Å². The van der Waals surface area contributed by atoms with E-state index >= 15 is 0 Å². The molecule has 0 saturated carbocycles. The third-order valence-electron chi connectivity index (χ3n) is 4.84. The van der Waals surface area contributed by atoms with Crippen LogP contribution in [0.2, 0.25) is 0 Å². The summed E-state index contributed by atoms with van der Waals surface area (Å²) in [4.78, 5) is 5.14. The lowest BCUT2D eigenvalue weighted by Gasteiger charge is -2.33. The largest absolute Gasteiger partial charge is 0.381 e. The Morgan fingerprint density at radius 2 is 1.76 bits per heavy atom. The number of nitrogens with one attached hydrogen (secondary N) is 1. The number of hydrogen-bond acceptors (Lipinski definition) is 3. The first-order chi connectivity index (χ1) is 10.4. The standard InChI is InChI=1S/C18H29N3/c1-2-11-20-14-9-16(10-15-20)19-17-7-3-4-8-18(17)21-12-5-6-13-21/h3-4,7-8,16,19H,2,5-6,9-15H2,1H3. The Labute approximate surface area is 129 Å². The van der Waals surface area contributed by atoms with Crippen LogP contribution in [0.4, 0.5) is 11.4 Å². The first-order valence-corrected chi connectivity index (χ1v) is 8.69. The Bertz CT molecular complexity index is 432. The Balaban J connectivity index is 1.60. The van der Waals surface area contributed by atoms with Gasteiger partial charge in [0.15, 0.2) is 0 Å². The van der Waals surface area contributed by atoms with Gasteiger partial charge in [-0.2, -0.15) is 0 Å². The van der Waals surface area contributed by atoms with E-state index in [1.54, 1.807) is 0 Å². The fraction of sp³-hybridized carbons (Fsp3) is 0.667. The molecule has 3 rings (SSSR count). The molecule has 0 aliphatic carbocycles. The molecule has 1 aromatic rings. The van der Waals surface area contributed by atoms with Gasteiger partial charge in [-0.15, -0.1) is 0 Å². The third-order valence-corrected chi connectivity index (χ3v) is 4.84. The van der Waals surface area contributed by atoms with Crippen LogP contribution in [0.3, 0.4) is 0 Å². The lowest BCUT2D eigenvalue weighted by molar-refractivity contribution is 0.219. The summed E-state index contributed by atoms with van der Waals surface area (Å²) in [5.41, 5.74) is 2.75. The molecule has 1 N–H and O–H groups in total. The van der Waals surface area contributed by atoms with E-state index in [-0.39, 0.29) is 0 Å². The molecule has 2 aliphatic heterocycles. The number of hydrogen-bond donors (Lipinski definition) is 1. The van der Waals surface area contributed by atoms with Crippen LogP contribution < -0.4 is 10.2 Å². The highest BCUT2D eigenvalue weighted by atomic mass is 15.2. The molecule has 0 bridgehead atoms. The van der Waals surface area contributed by atoms with Crippen LogP contribution in [0.1, 0.15) is 39.0 Å². The summed E-state index contributed by atoms with van der Waals surface area (Å²) in [7, 11) is 0. The first-order valence-electron chi connectivity index (χ1n) is 8.69. The van der Waals surface area contributed by atoms with Crippen molar-refractivity contribution in [2.45, 2.75) is 45.1 Å². The zero-order valence-corrected chi connectivity index (χ0v) is 13.4. The van der Waals surface area contributed by atoms with Crippen LogP contribution in [-0.2, 0) is 0 Å². The van der Waals surface area contributed by atoms with E-state index in [1.165, 1.54) is 76.2 Å². The molecule has 2 aliphatic rings. The molecule has 0 spiro atoms. The Hall–Kier alpha value is -1.22. The second-order valence-corrected chi connectivity index (χ2v) is 6.47. The summed E-state index contributed by atoms with van der Waals surface area (Å²) in [6.45, 7) is 8.46. The second-order valence-electron chi connectivity index (χ2n) is 6.47. The van der Waals surface area contributed by atoms with Gasteiger partial charge in [0.25, 0.3) is 0 Å². The van der Waals surface area contributed by atoms with Gasteiger partial charge in [-0.05, 0) is 50.8 Å². The molecule has 0 radical (unpaired) electrons. The molecule has 1 aromatic carbocycles. The number of para-hydroxylation sites is 2. The third kappa shape index (κ3) is 3.70. The SMILES string of the molecule is CCCN1CCC(Nc2ccccc2N2CCCC2)CC1. The predicted octanol–water partition coefficient (Wildman–Crippen LogP) is 3.57. The van der Waals surface area contributed by atoms with Crippen molar-refractivity contribution < 1.29 is 0 Å².